The van der Waals surface area contributed by atoms with E-state index in [0.717, 1.165) is 62.2 Å². The number of thioether (sulfide) groups is 1. The summed E-state index contributed by atoms with van der Waals surface area (Å²) >= 11 is 1.55. The maximum atomic E-state index is 12.6. The van der Waals surface area contributed by atoms with Crippen molar-refractivity contribution in [1.29, 1.82) is 0 Å². The molecular weight excluding hydrogens is 408 g/mol. The number of aromatic nitrogens is 1. The summed E-state index contributed by atoms with van der Waals surface area (Å²) < 4.78 is 0. The number of hydrogen-bond acceptors (Lipinski definition) is 5. The van der Waals surface area contributed by atoms with Gasteiger partial charge in [-0.15, -0.1) is 0 Å². The van der Waals surface area contributed by atoms with E-state index in [1.54, 1.807) is 18.0 Å². The van der Waals surface area contributed by atoms with Crippen LogP contribution in [0, 0.1) is 18.8 Å². The molecule has 1 atom stereocenters. The summed E-state index contributed by atoms with van der Waals surface area (Å²) in [4.78, 5) is 37.3. The highest BCUT2D eigenvalue weighted by Gasteiger charge is 2.27. The molecule has 1 aromatic rings. The summed E-state index contributed by atoms with van der Waals surface area (Å²) in [5.74, 6) is 1.13. The number of nitrogens with one attached hydrogen (secondary N) is 1. The van der Waals surface area contributed by atoms with Crippen molar-refractivity contribution >= 4 is 29.8 Å². The minimum absolute atomic E-state index is 0.0396. The third-order valence-corrected chi connectivity index (χ3v) is 7.41. The van der Waals surface area contributed by atoms with Gasteiger partial charge < -0.3 is 10.2 Å². The summed E-state index contributed by atoms with van der Waals surface area (Å²) in [7, 11) is 0. The van der Waals surface area contributed by atoms with Crippen LogP contribution in [0.2, 0.25) is 0 Å². The Morgan fingerprint density at radius 1 is 1.23 bits per heavy atom. The molecule has 0 aliphatic carbocycles. The zero-order valence-corrected chi connectivity index (χ0v) is 18.9. The Balaban J connectivity index is 1.10. The first-order valence-corrected chi connectivity index (χ1v) is 12.0. The summed E-state index contributed by atoms with van der Waals surface area (Å²) in [5.41, 5.74) is 1.61. The molecule has 0 spiro atoms. The van der Waals surface area contributed by atoms with Gasteiger partial charge in [-0.2, -0.15) is 0 Å². The van der Waals surface area contributed by atoms with Crippen LogP contribution in [0.25, 0.3) is 0 Å². The number of aliphatic imine (C=N–C) groups is 1. The number of nitrogens with zero attached hydrogens (tertiary/aromatic N) is 3. The maximum absolute atomic E-state index is 12.6. The molecule has 164 valence electrons. The van der Waals surface area contributed by atoms with E-state index in [1.165, 1.54) is 4.91 Å². The molecule has 1 saturated heterocycles. The van der Waals surface area contributed by atoms with Crippen molar-refractivity contribution in [3.63, 3.8) is 0 Å². The summed E-state index contributed by atoms with van der Waals surface area (Å²) in [6.45, 7) is 4.28. The predicted molar refractivity (Wildman–Crippen MR) is 125 cm³/mol. The molecule has 0 aromatic carbocycles. The van der Waals surface area contributed by atoms with Gasteiger partial charge in [-0.05, 0) is 50.7 Å². The van der Waals surface area contributed by atoms with E-state index < -0.39 is 0 Å². The number of piperidine rings is 1. The van der Waals surface area contributed by atoms with Crippen LogP contribution in [0.15, 0.2) is 45.4 Å². The van der Waals surface area contributed by atoms with Crippen LogP contribution in [0.3, 0.4) is 0 Å². The zero-order valence-electron chi connectivity index (χ0n) is 18.0. The van der Waals surface area contributed by atoms with Crippen LogP contribution in [0.5, 0.6) is 0 Å². The van der Waals surface area contributed by atoms with Crippen molar-refractivity contribution in [2.45, 2.75) is 45.4 Å². The highest BCUT2D eigenvalue weighted by atomic mass is 32.2. The standard InChI is InChI=1S/C24H30N4O2S/c1-17-5-6-20(15-27-17)24(30)28-12-8-18(9-13-28)4-2-3-10-26-23(29)21-14-19-7-11-25-16-22(19)31-21/h5-6,11,14-16,18-19H,2-4,7-10,12-13H2,1H3,(H,26,29). The Morgan fingerprint density at radius 2 is 2.06 bits per heavy atom. The molecule has 3 aliphatic heterocycles. The zero-order chi connectivity index (χ0) is 21.6. The molecule has 2 amide bonds. The lowest BCUT2D eigenvalue weighted by atomic mass is 9.91. The highest BCUT2D eigenvalue weighted by Crippen LogP contribution is 2.42. The van der Waals surface area contributed by atoms with Gasteiger partial charge in [-0.25, -0.2) is 0 Å². The topological polar surface area (TPSA) is 74.7 Å². The van der Waals surface area contributed by atoms with Gasteiger partial charge in [0.15, 0.2) is 0 Å². The molecule has 7 heteroatoms. The van der Waals surface area contributed by atoms with Crippen LogP contribution >= 0.6 is 11.8 Å². The van der Waals surface area contributed by atoms with E-state index in [2.05, 4.69) is 21.4 Å². The normalized spacial score (nSPS) is 20.8. The van der Waals surface area contributed by atoms with Gasteiger partial charge in [0.1, 0.15) is 0 Å². The Morgan fingerprint density at radius 3 is 2.81 bits per heavy atom. The minimum atomic E-state index is 0.0396. The molecule has 1 N–H and O–H groups in total. The molecular formula is C24H30N4O2S. The second kappa shape index (κ2) is 10.3. The molecule has 1 fully saturated rings. The number of aryl methyl sites for hydroxylation is 1. The molecule has 31 heavy (non-hydrogen) atoms. The van der Waals surface area contributed by atoms with Crippen molar-refractivity contribution < 1.29 is 9.59 Å². The van der Waals surface area contributed by atoms with Gasteiger partial charge in [-0.3, -0.25) is 19.6 Å². The number of likely N-dealkylation sites (tertiary alicyclic amines) is 1. The molecule has 0 radical (unpaired) electrons. The third-order valence-electron chi connectivity index (χ3n) is 6.22. The molecule has 4 rings (SSSR count). The second-order valence-electron chi connectivity index (χ2n) is 8.51. The first kappa shape index (κ1) is 21.8. The molecule has 6 nitrogen and oxygen atoms in total. The fraction of sp³-hybridized carbons (Fsp3) is 0.500. The smallest absolute Gasteiger partial charge is 0.257 e. The Labute approximate surface area is 188 Å². The van der Waals surface area contributed by atoms with Crippen molar-refractivity contribution in [3.8, 4) is 0 Å². The first-order chi connectivity index (χ1) is 15.1. The van der Waals surface area contributed by atoms with Crippen LogP contribution in [0.1, 0.15) is 54.6 Å². The van der Waals surface area contributed by atoms with E-state index in [4.69, 9.17) is 0 Å². The van der Waals surface area contributed by atoms with Crippen molar-refractivity contribution in [3.05, 3.63) is 51.7 Å². The molecule has 1 aromatic heterocycles. The van der Waals surface area contributed by atoms with Gasteiger partial charge >= 0.3 is 0 Å². The summed E-state index contributed by atoms with van der Waals surface area (Å²) in [5, 5.41) is 3.06. The number of hydrogen-bond donors (Lipinski definition) is 1. The predicted octanol–water partition coefficient (Wildman–Crippen LogP) is 4.09. The molecule has 0 bridgehead atoms. The van der Waals surface area contributed by atoms with E-state index in [-0.39, 0.29) is 11.8 Å². The van der Waals surface area contributed by atoms with E-state index >= 15 is 0 Å². The third kappa shape index (κ3) is 5.64. The fourth-order valence-electron chi connectivity index (χ4n) is 4.28. The second-order valence-corrected chi connectivity index (χ2v) is 9.63. The van der Waals surface area contributed by atoms with Crippen molar-refractivity contribution in [2.24, 2.45) is 16.8 Å². The van der Waals surface area contributed by atoms with Crippen LogP contribution < -0.4 is 5.32 Å². The molecule has 0 saturated carbocycles. The quantitative estimate of drug-likeness (QED) is 0.651. The van der Waals surface area contributed by atoms with Gasteiger partial charge in [-0.1, -0.05) is 30.7 Å². The lowest BCUT2D eigenvalue weighted by molar-refractivity contribution is -0.116. The van der Waals surface area contributed by atoms with Crippen LogP contribution in [-0.4, -0.2) is 47.5 Å². The number of unbranched alkanes of at least 4 members (excludes halogenated alkanes) is 1. The molecule has 4 heterocycles. The average Bonchev–Trinajstić information content (AvgIpc) is 3.24. The number of pyridine rings is 1. The number of carbonyl (C=O) groups is 2. The number of rotatable bonds is 7. The van der Waals surface area contributed by atoms with Gasteiger partial charge in [0.2, 0.25) is 0 Å². The lowest BCUT2D eigenvalue weighted by Crippen LogP contribution is -2.38. The molecule has 1 unspecified atom stereocenters. The summed E-state index contributed by atoms with van der Waals surface area (Å²) in [6.07, 6.45) is 13.8. The van der Waals surface area contributed by atoms with Crippen LogP contribution in [-0.2, 0) is 4.79 Å². The maximum Gasteiger partial charge on any atom is 0.257 e. The van der Waals surface area contributed by atoms with Crippen LogP contribution in [0.4, 0.5) is 0 Å². The minimum Gasteiger partial charge on any atom is -0.352 e. The number of amides is 2. The number of fused-ring (bicyclic) bond motifs is 1. The first-order valence-electron chi connectivity index (χ1n) is 11.2. The summed E-state index contributed by atoms with van der Waals surface area (Å²) in [6, 6.07) is 3.75. The lowest BCUT2D eigenvalue weighted by Gasteiger charge is -2.32. The SMILES string of the molecule is Cc1ccc(C(=O)N2CCC(CCCCNC(=O)C3=CC4CC=NC=C4S3)CC2)cn1. The monoisotopic (exact) mass is 438 g/mol. The van der Waals surface area contributed by atoms with Gasteiger partial charge in [0, 0.05) is 54.8 Å². The van der Waals surface area contributed by atoms with E-state index in [9.17, 15) is 9.59 Å². The number of carbonyl (C=O) groups excluding carboxylic acids is 2. The van der Waals surface area contributed by atoms with Crippen molar-refractivity contribution in [1.82, 2.24) is 15.2 Å². The van der Waals surface area contributed by atoms with E-state index in [0.29, 0.717) is 23.9 Å². The van der Waals surface area contributed by atoms with Gasteiger partial charge in [0.05, 0.1) is 10.5 Å². The van der Waals surface area contributed by atoms with Crippen molar-refractivity contribution in [2.75, 3.05) is 19.6 Å². The Kier molecular flexibility index (Phi) is 7.22. The fourth-order valence-corrected chi connectivity index (χ4v) is 5.36. The number of allylic oxidation sites excluding steroid dienone is 2. The van der Waals surface area contributed by atoms with E-state index in [1.807, 2.05) is 36.4 Å². The Hall–Kier alpha value is -2.41. The largest absolute Gasteiger partial charge is 0.352 e. The van der Waals surface area contributed by atoms with Gasteiger partial charge in [0.25, 0.3) is 11.8 Å². The molecule has 3 aliphatic rings. The Bertz CT molecular complexity index is 899. The average molecular weight is 439 g/mol. The highest BCUT2D eigenvalue weighted by molar-refractivity contribution is 8.07.